The molecule has 0 heterocycles. The topological polar surface area (TPSA) is 115 Å². The van der Waals surface area contributed by atoms with Gasteiger partial charge in [0.25, 0.3) is 0 Å². The monoisotopic (exact) mass is 402 g/mol. The van der Waals surface area contributed by atoms with Gasteiger partial charge in [0.1, 0.15) is 11.5 Å². The van der Waals surface area contributed by atoms with Crippen molar-refractivity contribution in [2.45, 2.75) is 12.8 Å². The highest BCUT2D eigenvalue weighted by molar-refractivity contribution is 6.11. The summed E-state index contributed by atoms with van der Waals surface area (Å²) in [6, 6.07) is 17.5. The molecular weight excluding hydrogens is 384 g/mol. The molecule has 4 N–H and O–H groups in total. The Morgan fingerprint density at radius 3 is 1.37 bits per heavy atom. The van der Waals surface area contributed by atoms with Crippen LogP contribution in [0, 0.1) is 0 Å². The minimum atomic E-state index is -1.10. The van der Waals surface area contributed by atoms with Crippen molar-refractivity contribution in [3.8, 4) is 22.6 Å². The molecule has 4 aromatic carbocycles. The van der Waals surface area contributed by atoms with E-state index in [1.165, 1.54) is 0 Å². The molecular formula is C24H18O6. The number of aliphatic carboxylic acids is 2. The number of hydrogen-bond donors (Lipinski definition) is 4. The lowest BCUT2D eigenvalue weighted by Crippen LogP contribution is -2.03. The third-order valence-corrected chi connectivity index (χ3v) is 5.14. The Labute approximate surface area is 171 Å². The van der Waals surface area contributed by atoms with Crippen molar-refractivity contribution in [3.05, 3.63) is 71.8 Å². The van der Waals surface area contributed by atoms with Crippen molar-refractivity contribution in [3.63, 3.8) is 0 Å². The maximum absolute atomic E-state index is 11.3. The Morgan fingerprint density at radius 1 is 0.633 bits per heavy atom. The summed E-state index contributed by atoms with van der Waals surface area (Å²) in [4.78, 5) is 22.7. The molecule has 0 radical (unpaired) electrons. The molecule has 0 unspecified atom stereocenters. The molecule has 0 aliphatic rings. The number of carboxylic acid groups (broad SMARTS) is 2. The van der Waals surface area contributed by atoms with Crippen LogP contribution in [0.5, 0.6) is 11.5 Å². The van der Waals surface area contributed by atoms with E-state index < -0.39 is 24.8 Å². The molecule has 4 rings (SSSR count). The second-order valence-corrected chi connectivity index (χ2v) is 7.10. The third kappa shape index (κ3) is 3.28. The Hall–Kier alpha value is -4.06. The van der Waals surface area contributed by atoms with Gasteiger partial charge in [-0.2, -0.15) is 0 Å². The van der Waals surface area contributed by atoms with Crippen molar-refractivity contribution in [1.82, 2.24) is 0 Å². The van der Waals surface area contributed by atoms with Crippen LogP contribution < -0.4 is 0 Å². The first kappa shape index (κ1) is 19.3. The number of fused-ring (bicyclic) bond motifs is 2. The van der Waals surface area contributed by atoms with Gasteiger partial charge in [0.2, 0.25) is 0 Å². The molecule has 4 aromatic rings. The highest BCUT2D eigenvalue weighted by atomic mass is 16.4. The average Bonchev–Trinajstić information content (AvgIpc) is 2.70. The molecule has 30 heavy (non-hydrogen) atoms. The minimum Gasteiger partial charge on any atom is -0.507 e. The Bertz CT molecular complexity index is 1220. The van der Waals surface area contributed by atoms with E-state index >= 15 is 0 Å². The SMILES string of the molecule is O=C(O)Cc1cc2ccccc2c(-c2c(O)c(CC(=O)O)cc3ccccc23)c1O. The van der Waals surface area contributed by atoms with Gasteiger partial charge in [0.05, 0.1) is 12.8 Å². The summed E-state index contributed by atoms with van der Waals surface area (Å²) < 4.78 is 0. The fourth-order valence-electron chi connectivity index (χ4n) is 3.89. The first-order chi connectivity index (χ1) is 14.4. The van der Waals surface area contributed by atoms with Crippen molar-refractivity contribution >= 4 is 33.5 Å². The molecule has 0 bridgehead atoms. The van der Waals surface area contributed by atoms with Crippen molar-refractivity contribution in [2.75, 3.05) is 0 Å². The highest BCUT2D eigenvalue weighted by Gasteiger charge is 2.23. The molecule has 0 atom stereocenters. The number of phenolic OH excluding ortho intramolecular Hbond substituents is 2. The Kier molecular flexibility index (Phi) is 4.75. The first-order valence-corrected chi connectivity index (χ1v) is 9.28. The van der Waals surface area contributed by atoms with E-state index in [1.807, 2.05) is 0 Å². The molecule has 0 spiro atoms. The van der Waals surface area contributed by atoms with E-state index in [0.717, 1.165) is 0 Å². The zero-order chi connectivity index (χ0) is 21.4. The molecule has 6 nitrogen and oxygen atoms in total. The normalized spacial score (nSPS) is 11.1. The smallest absolute Gasteiger partial charge is 0.307 e. The Balaban J connectivity index is 2.17. The summed E-state index contributed by atoms with van der Waals surface area (Å²) in [5, 5.41) is 43.3. The molecule has 6 heteroatoms. The standard InChI is InChI=1S/C24H18O6/c25-19(26)11-15-9-13-5-1-3-7-17(13)21(23(15)29)22-18-8-4-2-6-14(18)10-16(24(22)30)12-20(27)28/h1-10,29-30H,11-12H2,(H,25,26)(H,27,28). The summed E-state index contributed by atoms with van der Waals surface area (Å²) in [6.07, 6.45) is -0.783. The summed E-state index contributed by atoms with van der Waals surface area (Å²) >= 11 is 0. The van der Waals surface area contributed by atoms with Crippen LogP contribution in [0.25, 0.3) is 32.7 Å². The van der Waals surface area contributed by atoms with Crippen LogP contribution >= 0.6 is 0 Å². The summed E-state index contributed by atoms with van der Waals surface area (Å²) in [5.74, 6) is -2.69. The molecule has 0 aliphatic carbocycles. The van der Waals surface area contributed by atoms with Gasteiger partial charge in [-0.05, 0) is 33.7 Å². The largest absolute Gasteiger partial charge is 0.507 e. The number of rotatable bonds is 5. The molecule has 150 valence electrons. The van der Waals surface area contributed by atoms with E-state index in [0.29, 0.717) is 21.5 Å². The average molecular weight is 402 g/mol. The van der Waals surface area contributed by atoms with E-state index in [4.69, 9.17) is 0 Å². The fourth-order valence-corrected chi connectivity index (χ4v) is 3.89. The molecule has 0 fully saturated rings. The minimum absolute atomic E-state index is 0.211. The van der Waals surface area contributed by atoms with E-state index in [2.05, 4.69) is 0 Å². The number of aromatic hydroxyl groups is 2. The van der Waals surface area contributed by atoms with Crippen molar-refractivity contribution in [1.29, 1.82) is 0 Å². The van der Waals surface area contributed by atoms with Gasteiger partial charge in [0, 0.05) is 22.3 Å². The molecule has 0 amide bonds. The number of benzene rings is 4. The van der Waals surface area contributed by atoms with Gasteiger partial charge in [0.15, 0.2) is 0 Å². The number of phenols is 2. The maximum atomic E-state index is 11.3. The molecule has 0 aromatic heterocycles. The molecule has 0 aliphatic heterocycles. The van der Waals surface area contributed by atoms with Gasteiger partial charge >= 0.3 is 11.9 Å². The fraction of sp³-hybridized carbons (Fsp3) is 0.0833. The zero-order valence-corrected chi connectivity index (χ0v) is 15.8. The number of hydrogen-bond acceptors (Lipinski definition) is 4. The molecule has 0 saturated carbocycles. The predicted molar refractivity (Wildman–Crippen MR) is 113 cm³/mol. The highest BCUT2D eigenvalue weighted by Crippen LogP contribution is 2.47. The van der Waals surface area contributed by atoms with Crippen LogP contribution in [0.15, 0.2) is 60.7 Å². The third-order valence-electron chi connectivity index (χ3n) is 5.14. The lowest BCUT2D eigenvalue weighted by molar-refractivity contribution is -0.137. The Morgan fingerprint density at radius 2 is 1.00 bits per heavy atom. The number of carboxylic acids is 2. The van der Waals surface area contributed by atoms with Crippen LogP contribution in [0.3, 0.4) is 0 Å². The molecule has 0 saturated heterocycles. The van der Waals surface area contributed by atoms with Gasteiger partial charge in [-0.3, -0.25) is 9.59 Å². The van der Waals surface area contributed by atoms with E-state index in [9.17, 15) is 30.0 Å². The van der Waals surface area contributed by atoms with Crippen LogP contribution in [0.4, 0.5) is 0 Å². The second kappa shape index (κ2) is 7.40. The lowest BCUT2D eigenvalue weighted by Gasteiger charge is -2.18. The van der Waals surface area contributed by atoms with Gasteiger partial charge < -0.3 is 20.4 Å². The first-order valence-electron chi connectivity index (χ1n) is 9.28. The van der Waals surface area contributed by atoms with Crippen LogP contribution in [-0.4, -0.2) is 32.4 Å². The van der Waals surface area contributed by atoms with Gasteiger partial charge in [-0.1, -0.05) is 48.5 Å². The quantitative estimate of drug-likeness (QED) is 0.395. The van der Waals surface area contributed by atoms with Crippen molar-refractivity contribution < 1.29 is 30.0 Å². The lowest BCUT2D eigenvalue weighted by atomic mass is 9.88. The van der Waals surface area contributed by atoms with E-state index in [-0.39, 0.29) is 33.8 Å². The predicted octanol–water partition coefficient (Wildman–Crippen LogP) is 4.33. The van der Waals surface area contributed by atoms with Crippen LogP contribution in [0.2, 0.25) is 0 Å². The van der Waals surface area contributed by atoms with E-state index in [1.54, 1.807) is 60.7 Å². The summed E-state index contributed by atoms with van der Waals surface area (Å²) in [7, 11) is 0. The van der Waals surface area contributed by atoms with Crippen molar-refractivity contribution in [2.24, 2.45) is 0 Å². The van der Waals surface area contributed by atoms with Gasteiger partial charge in [-0.15, -0.1) is 0 Å². The second-order valence-electron chi connectivity index (χ2n) is 7.10. The summed E-state index contributed by atoms with van der Waals surface area (Å²) in [6.45, 7) is 0. The van der Waals surface area contributed by atoms with Crippen LogP contribution in [0.1, 0.15) is 11.1 Å². The summed E-state index contributed by atoms with van der Waals surface area (Å²) in [5.41, 5.74) is 0.988. The zero-order valence-electron chi connectivity index (χ0n) is 15.8. The van der Waals surface area contributed by atoms with Gasteiger partial charge in [-0.25, -0.2) is 0 Å². The number of carbonyl (C=O) groups is 2. The maximum Gasteiger partial charge on any atom is 0.307 e. The van der Waals surface area contributed by atoms with Crippen LogP contribution in [-0.2, 0) is 22.4 Å².